The Kier molecular flexibility index (Phi) is 5.96. The second-order valence-electron chi connectivity index (χ2n) is 11.3. The van der Waals surface area contributed by atoms with Gasteiger partial charge in [-0.3, -0.25) is 4.79 Å². The van der Waals surface area contributed by atoms with Crippen LogP contribution >= 0.6 is 0 Å². The Morgan fingerprint density at radius 2 is 1.88 bits per heavy atom. The van der Waals surface area contributed by atoms with Crippen LogP contribution in [0.25, 0.3) is 0 Å². The predicted octanol–water partition coefficient (Wildman–Crippen LogP) is 4.19. The molecule has 0 unspecified atom stereocenters. The zero-order chi connectivity index (χ0) is 23.1. The molecule has 3 fully saturated rings. The summed E-state index contributed by atoms with van der Waals surface area (Å²) in [6.45, 7) is 5.40. The van der Waals surface area contributed by atoms with Gasteiger partial charge in [0.15, 0.2) is 0 Å². The van der Waals surface area contributed by atoms with Gasteiger partial charge in [0, 0.05) is 32.2 Å². The van der Waals surface area contributed by atoms with Crippen molar-refractivity contribution in [3.05, 3.63) is 47.5 Å². The van der Waals surface area contributed by atoms with E-state index >= 15 is 0 Å². The molecule has 182 valence electrons. The molecule has 1 aromatic heterocycles. The molecule has 0 radical (unpaired) electrons. The summed E-state index contributed by atoms with van der Waals surface area (Å²) in [4.78, 5) is 21.6. The highest BCUT2D eigenvalue weighted by Gasteiger charge is 2.54. The molecule has 1 aliphatic carbocycles. The molecule has 0 bridgehead atoms. The first-order valence-corrected chi connectivity index (χ1v) is 13.6. The molecule has 6 rings (SSSR count). The van der Waals surface area contributed by atoms with Crippen LogP contribution in [-0.4, -0.2) is 51.2 Å². The number of piperidine rings is 1. The molecule has 34 heavy (non-hydrogen) atoms. The van der Waals surface area contributed by atoms with E-state index in [4.69, 9.17) is 4.98 Å². The minimum Gasteiger partial charge on any atom is -0.339 e. The molecule has 1 aromatic carbocycles. The number of hydrogen-bond donors (Lipinski definition) is 1. The maximum absolute atomic E-state index is 14.4. The standard InChI is InChI=1S/C28H39N5O/c1-20-30-27-28(14-8-15-33(27)31-20)19-29-18-24(28)26(34)32-16-13-23(21-9-4-2-5-10-21)17-25(32)22-11-6-3-7-12-22/h2,4-5,9-10,22-25,29H,3,6-8,11-19H2,1H3/t23-,24+,25+,28-/m1/s1. The van der Waals surface area contributed by atoms with E-state index in [0.29, 0.717) is 23.8 Å². The molecule has 4 heterocycles. The molecule has 4 aliphatic rings. The molecule has 6 nitrogen and oxygen atoms in total. The van der Waals surface area contributed by atoms with Crippen LogP contribution in [0.2, 0.25) is 0 Å². The second kappa shape index (κ2) is 9.10. The highest BCUT2D eigenvalue weighted by molar-refractivity contribution is 5.82. The highest BCUT2D eigenvalue weighted by atomic mass is 16.2. The fourth-order valence-corrected chi connectivity index (χ4v) is 7.68. The van der Waals surface area contributed by atoms with Crippen molar-refractivity contribution in [3.63, 3.8) is 0 Å². The normalized spacial score (nSPS) is 32.1. The van der Waals surface area contributed by atoms with Gasteiger partial charge in [-0.25, -0.2) is 9.67 Å². The monoisotopic (exact) mass is 461 g/mol. The summed E-state index contributed by atoms with van der Waals surface area (Å²) in [7, 11) is 0. The Labute approximate surface area is 203 Å². The Morgan fingerprint density at radius 1 is 1.06 bits per heavy atom. The Morgan fingerprint density at radius 3 is 2.71 bits per heavy atom. The molecular weight excluding hydrogens is 422 g/mol. The van der Waals surface area contributed by atoms with Crippen molar-refractivity contribution in [2.75, 3.05) is 19.6 Å². The van der Waals surface area contributed by atoms with Gasteiger partial charge in [0.1, 0.15) is 11.6 Å². The third-order valence-electron chi connectivity index (χ3n) is 9.36. The van der Waals surface area contributed by atoms with E-state index in [1.807, 2.05) is 6.92 Å². The lowest BCUT2D eigenvalue weighted by Crippen LogP contribution is -2.55. The SMILES string of the molecule is Cc1nc2n(n1)CCC[C@]21CNC[C@H]1C(=O)N1CC[C@@H](c2ccccc2)C[C@H]1C1CCCCC1. The first-order valence-electron chi connectivity index (χ1n) is 13.6. The van der Waals surface area contributed by atoms with E-state index in [1.165, 1.54) is 37.7 Å². The van der Waals surface area contributed by atoms with E-state index in [9.17, 15) is 4.79 Å². The quantitative estimate of drug-likeness (QED) is 0.744. The van der Waals surface area contributed by atoms with Crippen LogP contribution in [0.1, 0.15) is 80.9 Å². The first kappa shape index (κ1) is 22.3. The molecule has 1 N–H and O–H groups in total. The summed E-state index contributed by atoms with van der Waals surface area (Å²) in [6.07, 6.45) is 10.8. The number of rotatable bonds is 3. The van der Waals surface area contributed by atoms with Crippen LogP contribution in [0.4, 0.5) is 0 Å². The third-order valence-corrected chi connectivity index (χ3v) is 9.36. The van der Waals surface area contributed by atoms with Crippen molar-refractivity contribution in [2.45, 2.75) is 88.6 Å². The van der Waals surface area contributed by atoms with Crippen LogP contribution in [0.3, 0.4) is 0 Å². The summed E-state index contributed by atoms with van der Waals surface area (Å²) >= 11 is 0. The minimum absolute atomic E-state index is 0.0329. The van der Waals surface area contributed by atoms with Gasteiger partial charge in [0.2, 0.25) is 5.91 Å². The molecule has 1 amide bonds. The summed E-state index contributed by atoms with van der Waals surface area (Å²) < 4.78 is 2.09. The maximum Gasteiger partial charge on any atom is 0.228 e. The van der Waals surface area contributed by atoms with Gasteiger partial charge in [0.05, 0.1) is 11.3 Å². The second-order valence-corrected chi connectivity index (χ2v) is 11.3. The average molecular weight is 462 g/mol. The molecule has 2 aromatic rings. The topological polar surface area (TPSA) is 63.1 Å². The Bertz CT molecular complexity index is 1010. The van der Waals surface area contributed by atoms with Gasteiger partial charge in [0.25, 0.3) is 0 Å². The van der Waals surface area contributed by atoms with E-state index in [1.54, 1.807) is 0 Å². The summed E-state index contributed by atoms with van der Waals surface area (Å²) in [5.74, 6) is 3.43. The van der Waals surface area contributed by atoms with Gasteiger partial charge >= 0.3 is 0 Å². The number of aryl methyl sites for hydroxylation is 2. The summed E-state index contributed by atoms with van der Waals surface area (Å²) in [5, 5.41) is 8.26. The number of fused-ring (bicyclic) bond motifs is 2. The molecule has 4 atom stereocenters. The predicted molar refractivity (Wildman–Crippen MR) is 133 cm³/mol. The summed E-state index contributed by atoms with van der Waals surface area (Å²) in [5.41, 5.74) is 1.24. The zero-order valence-corrected chi connectivity index (χ0v) is 20.6. The van der Waals surface area contributed by atoms with E-state index in [2.05, 4.69) is 50.3 Å². The number of nitrogens with one attached hydrogen (secondary N) is 1. The number of carbonyl (C=O) groups is 1. The van der Waals surface area contributed by atoms with Gasteiger partial charge in [-0.05, 0) is 62.8 Å². The molecule has 1 saturated carbocycles. The molecule has 1 spiro atoms. The smallest absolute Gasteiger partial charge is 0.228 e. The maximum atomic E-state index is 14.4. The lowest BCUT2D eigenvalue weighted by molar-refractivity contribution is -0.143. The van der Waals surface area contributed by atoms with Crippen LogP contribution < -0.4 is 5.32 Å². The Hall–Kier alpha value is -2.21. The van der Waals surface area contributed by atoms with Crippen molar-refractivity contribution in [2.24, 2.45) is 11.8 Å². The van der Waals surface area contributed by atoms with Gasteiger partial charge in [-0.2, -0.15) is 5.10 Å². The van der Waals surface area contributed by atoms with Crippen molar-refractivity contribution < 1.29 is 4.79 Å². The van der Waals surface area contributed by atoms with E-state index in [-0.39, 0.29) is 11.3 Å². The van der Waals surface area contributed by atoms with Crippen molar-refractivity contribution in [1.82, 2.24) is 25.0 Å². The first-order chi connectivity index (χ1) is 16.7. The fourth-order valence-electron chi connectivity index (χ4n) is 7.68. The van der Waals surface area contributed by atoms with Crippen LogP contribution in [0.5, 0.6) is 0 Å². The van der Waals surface area contributed by atoms with Crippen LogP contribution in [0, 0.1) is 18.8 Å². The number of aromatic nitrogens is 3. The van der Waals surface area contributed by atoms with Crippen molar-refractivity contribution in [3.8, 4) is 0 Å². The molecular formula is C28H39N5O. The lowest BCUT2D eigenvalue weighted by Gasteiger charge is -2.47. The number of hydrogen-bond acceptors (Lipinski definition) is 4. The summed E-state index contributed by atoms with van der Waals surface area (Å²) in [6, 6.07) is 11.4. The number of nitrogens with zero attached hydrogens (tertiary/aromatic N) is 4. The molecule has 6 heteroatoms. The molecule has 2 saturated heterocycles. The minimum atomic E-state index is -0.204. The Balaban J connectivity index is 1.30. The number of carbonyl (C=O) groups excluding carboxylic acids is 1. The van der Waals surface area contributed by atoms with Gasteiger partial charge < -0.3 is 10.2 Å². The third kappa shape index (κ3) is 3.78. The highest BCUT2D eigenvalue weighted by Crippen LogP contribution is 2.45. The number of amides is 1. The number of benzene rings is 1. The molecule has 3 aliphatic heterocycles. The fraction of sp³-hybridized carbons (Fsp3) is 0.679. The van der Waals surface area contributed by atoms with E-state index < -0.39 is 0 Å². The van der Waals surface area contributed by atoms with Crippen molar-refractivity contribution >= 4 is 5.91 Å². The number of likely N-dealkylation sites (tertiary alicyclic amines) is 1. The van der Waals surface area contributed by atoms with Crippen molar-refractivity contribution in [1.29, 1.82) is 0 Å². The van der Waals surface area contributed by atoms with Crippen LogP contribution in [-0.2, 0) is 16.8 Å². The zero-order valence-electron chi connectivity index (χ0n) is 20.6. The average Bonchev–Trinajstić information content (AvgIpc) is 3.48. The largest absolute Gasteiger partial charge is 0.339 e. The van der Waals surface area contributed by atoms with Gasteiger partial charge in [-0.15, -0.1) is 0 Å². The van der Waals surface area contributed by atoms with E-state index in [0.717, 1.165) is 63.5 Å². The van der Waals surface area contributed by atoms with Crippen LogP contribution in [0.15, 0.2) is 30.3 Å². The lowest BCUT2D eigenvalue weighted by atomic mass is 9.70. The van der Waals surface area contributed by atoms with Gasteiger partial charge in [-0.1, -0.05) is 49.6 Å².